The van der Waals surface area contributed by atoms with Gasteiger partial charge in [0.1, 0.15) is 0 Å². The van der Waals surface area contributed by atoms with Gasteiger partial charge < -0.3 is 19.4 Å². The molecule has 0 bridgehead atoms. The molecule has 4 nitrogen and oxygen atoms in total. The molecule has 3 saturated heterocycles. The molecular formula is C25H47N3O. The van der Waals surface area contributed by atoms with Crippen molar-refractivity contribution in [3.8, 4) is 0 Å². The fraction of sp³-hybridized carbons (Fsp3) is 1.00. The Hall–Kier alpha value is -0.160. The summed E-state index contributed by atoms with van der Waals surface area (Å²) in [6.45, 7) is 15.2. The Balaban J connectivity index is 1.05. The highest BCUT2D eigenvalue weighted by Crippen LogP contribution is 2.34. The van der Waals surface area contributed by atoms with E-state index < -0.39 is 0 Å². The molecule has 4 rings (SSSR count). The predicted octanol–water partition coefficient (Wildman–Crippen LogP) is 3.96. The SMILES string of the molecule is CC(C)C1CCN(C[C@H]2C[C@@H](OC3CCN(CC4CCN(C)CC4)CC3)C2)CC1. The summed E-state index contributed by atoms with van der Waals surface area (Å²) in [5.41, 5.74) is 0. The summed E-state index contributed by atoms with van der Waals surface area (Å²) in [6, 6.07) is 0. The van der Waals surface area contributed by atoms with Crippen LogP contribution >= 0.6 is 0 Å². The second-order valence-electron chi connectivity index (χ2n) is 11.2. The van der Waals surface area contributed by atoms with E-state index in [9.17, 15) is 0 Å². The fourth-order valence-electron chi connectivity index (χ4n) is 6.21. The van der Waals surface area contributed by atoms with Crippen LogP contribution in [0.15, 0.2) is 0 Å². The van der Waals surface area contributed by atoms with Gasteiger partial charge in [0.15, 0.2) is 0 Å². The molecule has 3 aliphatic heterocycles. The van der Waals surface area contributed by atoms with Gasteiger partial charge in [-0.2, -0.15) is 0 Å². The van der Waals surface area contributed by atoms with Gasteiger partial charge in [0.25, 0.3) is 0 Å². The molecule has 4 aliphatic rings. The first-order valence-electron chi connectivity index (χ1n) is 12.8. The zero-order chi connectivity index (χ0) is 20.2. The predicted molar refractivity (Wildman–Crippen MR) is 121 cm³/mol. The van der Waals surface area contributed by atoms with E-state index in [1.165, 1.54) is 104 Å². The van der Waals surface area contributed by atoms with E-state index in [-0.39, 0.29) is 0 Å². The molecule has 29 heavy (non-hydrogen) atoms. The maximum Gasteiger partial charge on any atom is 0.0603 e. The van der Waals surface area contributed by atoms with E-state index >= 15 is 0 Å². The Kier molecular flexibility index (Phi) is 7.93. The fourth-order valence-corrected chi connectivity index (χ4v) is 6.21. The van der Waals surface area contributed by atoms with Crippen LogP contribution in [0.2, 0.25) is 0 Å². The third-order valence-corrected chi connectivity index (χ3v) is 8.56. The zero-order valence-corrected chi connectivity index (χ0v) is 19.5. The van der Waals surface area contributed by atoms with Crippen molar-refractivity contribution in [1.29, 1.82) is 0 Å². The number of nitrogens with zero attached hydrogens (tertiary/aromatic N) is 3. The summed E-state index contributed by atoms with van der Waals surface area (Å²) in [7, 11) is 2.26. The van der Waals surface area contributed by atoms with Crippen molar-refractivity contribution in [2.45, 2.75) is 77.4 Å². The molecule has 0 N–H and O–H groups in total. The second-order valence-corrected chi connectivity index (χ2v) is 11.2. The Morgan fingerprint density at radius 1 is 0.690 bits per heavy atom. The lowest BCUT2D eigenvalue weighted by Gasteiger charge is -2.43. The van der Waals surface area contributed by atoms with Crippen LogP contribution in [0.25, 0.3) is 0 Å². The van der Waals surface area contributed by atoms with Crippen molar-refractivity contribution in [1.82, 2.24) is 14.7 Å². The van der Waals surface area contributed by atoms with Gasteiger partial charge in [-0.05, 0) is 108 Å². The van der Waals surface area contributed by atoms with Gasteiger partial charge in [0.2, 0.25) is 0 Å². The van der Waals surface area contributed by atoms with Crippen LogP contribution in [-0.4, -0.2) is 86.3 Å². The molecule has 4 fully saturated rings. The molecule has 0 aromatic heterocycles. The Bertz CT molecular complexity index is 468. The van der Waals surface area contributed by atoms with Crippen molar-refractivity contribution in [3.63, 3.8) is 0 Å². The zero-order valence-electron chi connectivity index (χ0n) is 19.5. The molecule has 0 radical (unpaired) electrons. The molecule has 168 valence electrons. The summed E-state index contributed by atoms with van der Waals surface area (Å²) in [5, 5.41) is 0. The lowest BCUT2D eigenvalue weighted by molar-refractivity contribution is -0.0994. The molecule has 1 saturated carbocycles. The number of piperidine rings is 3. The first kappa shape index (κ1) is 22.0. The summed E-state index contributed by atoms with van der Waals surface area (Å²) in [5.74, 6) is 3.67. The minimum absolute atomic E-state index is 0.538. The normalized spacial score (nSPS) is 32.7. The van der Waals surface area contributed by atoms with Gasteiger partial charge in [-0.15, -0.1) is 0 Å². The van der Waals surface area contributed by atoms with E-state index in [1.807, 2.05) is 0 Å². The van der Waals surface area contributed by atoms with Crippen molar-refractivity contribution in [2.24, 2.45) is 23.7 Å². The van der Waals surface area contributed by atoms with E-state index in [2.05, 4.69) is 35.6 Å². The average Bonchev–Trinajstić information content (AvgIpc) is 2.70. The largest absolute Gasteiger partial charge is 0.375 e. The molecule has 3 heterocycles. The van der Waals surface area contributed by atoms with Crippen LogP contribution in [0.3, 0.4) is 0 Å². The topological polar surface area (TPSA) is 19.0 Å². The third-order valence-electron chi connectivity index (χ3n) is 8.56. The number of ether oxygens (including phenoxy) is 1. The van der Waals surface area contributed by atoms with Crippen molar-refractivity contribution >= 4 is 0 Å². The number of likely N-dealkylation sites (tertiary alicyclic amines) is 3. The number of rotatable bonds is 7. The first-order valence-corrected chi connectivity index (χ1v) is 12.8. The second kappa shape index (κ2) is 10.4. The maximum absolute atomic E-state index is 6.50. The summed E-state index contributed by atoms with van der Waals surface area (Å²) in [4.78, 5) is 7.94. The molecule has 1 aliphatic carbocycles. The lowest BCUT2D eigenvalue weighted by atomic mass is 9.80. The van der Waals surface area contributed by atoms with Gasteiger partial charge in [-0.3, -0.25) is 0 Å². The van der Waals surface area contributed by atoms with Gasteiger partial charge in [-0.25, -0.2) is 0 Å². The Morgan fingerprint density at radius 2 is 1.24 bits per heavy atom. The van der Waals surface area contributed by atoms with Crippen LogP contribution in [0.5, 0.6) is 0 Å². The summed E-state index contributed by atoms with van der Waals surface area (Å²) < 4.78 is 6.50. The maximum atomic E-state index is 6.50. The van der Waals surface area contributed by atoms with Crippen LogP contribution in [0.4, 0.5) is 0 Å². The quantitative estimate of drug-likeness (QED) is 0.638. The van der Waals surface area contributed by atoms with E-state index in [0.717, 1.165) is 23.7 Å². The number of hydrogen-bond donors (Lipinski definition) is 0. The average molecular weight is 406 g/mol. The monoisotopic (exact) mass is 405 g/mol. The molecule has 0 aromatic carbocycles. The van der Waals surface area contributed by atoms with Crippen molar-refractivity contribution < 1.29 is 4.74 Å². The van der Waals surface area contributed by atoms with Crippen molar-refractivity contribution in [2.75, 3.05) is 59.4 Å². The molecule has 0 spiro atoms. The smallest absolute Gasteiger partial charge is 0.0603 e. The molecule has 4 heteroatoms. The highest BCUT2D eigenvalue weighted by molar-refractivity contribution is 4.86. The Labute approximate surface area is 180 Å². The lowest BCUT2D eigenvalue weighted by Crippen LogP contribution is -2.46. The minimum Gasteiger partial charge on any atom is -0.375 e. The number of hydrogen-bond acceptors (Lipinski definition) is 4. The van der Waals surface area contributed by atoms with Crippen molar-refractivity contribution in [3.05, 3.63) is 0 Å². The Morgan fingerprint density at radius 3 is 1.83 bits per heavy atom. The summed E-state index contributed by atoms with van der Waals surface area (Å²) in [6.07, 6.45) is 11.9. The van der Waals surface area contributed by atoms with Crippen LogP contribution < -0.4 is 0 Å². The first-order chi connectivity index (χ1) is 14.0. The minimum atomic E-state index is 0.538. The van der Waals surface area contributed by atoms with E-state index in [0.29, 0.717) is 12.2 Å². The van der Waals surface area contributed by atoms with E-state index in [4.69, 9.17) is 4.74 Å². The molecular weight excluding hydrogens is 358 g/mol. The molecule has 0 aromatic rings. The van der Waals surface area contributed by atoms with Crippen LogP contribution in [-0.2, 0) is 4.74 Å². The highest BCUT2D eigenvalue weighted by atomic mass is 16.5. The standard InChI is InChI=1S/C25H47N3O/c1-20(2)23-6-12-27(13-7-23)19-22-16-25(17-22)29-24-8-14-28(15-9-24)18-21-4-10-26(3)11-5-21/h20-25H,4-19H2,1-3H3/t22-,25+. The molecule has 0 amide bonds. The van der Waals surface area contributed by atoms with Gasteiger partial charge in [0.05, 0.1) is 12.2 Å². The third kappa shape index (κ3) is 6.41. The van der Waals surface area contributed by atoms with Crippen LogP contribution in [0.1, 0.15) is 65.2 Å². The van der Waals surface area contributed by atoms with Gasteiger partial charge in [-0.1, -0.05) is 13.8 Å². The molecule has 0 unspecified atom stereocenters. The van der Waals surface area contributed by atoms with Crippen LogP contribution in [0, 0.1) is 23.7 Å². The molecule has 0 atom stereocenters. The summed E-state index contributed by atoms with van der Waals surface area (Å²) >= 11 is 0. The van der Waals surface area contributed by atoms with E-state index in [1.54, 1.807) is 0 Å². The van der Waals surface area contributed by atoms with Gasteiger partial charge in [0, 0.05) is 26.2 Å². The highest BCUT2D eigenvalue weighted by Gasteiger charge is 2.35. The van der Waals surface area contributed by atoms with Gasteiger partial charge >= 0.3 is 0 Å².